The molecular weight excluding hydrogens is 278 g/mol. The van der Waals surface area contributed by atoms with E-state index in [0.29, 0.717) is 6.61 Å². The Morgan fingerprint density at radius 3 is 2.48 bits per heavy atom. The van der Waals surface area contributed by atoms with Gasteiger partial charge in [-0.2, -0.15) is 0 Å². The van der Waals surface area contributed by atoms with E-state index in [9.17, 15) is 0 Å². The standard InChI is InChI=1S/C18H25NOS/c1-5-10-19-11-16-8-9-17(21-16)12-20-18-14(3)7-6-13(2)15(18)4/h6-9,19H,5,10-12H2,1-4H3. The smallest absolute Gasteiger partial charge is 0.125 e. The van der Waals surface area contributed by atoms with E-state index in [1.54, 1.807) is 0 Å². The molecule has 1 heterocycles. The average Bonchev–Trinajstić information content (AvgIpc) is 2.91. The van der Waals surface area contributed by atoms with Crippen LogP contribution < -0.4 is 10.1 Å². The van der Waals surface area contributed by atoms with E-state index in [1.807, 2.05) is 11.3 Å². The third-order valence-corrected chi connectivity index (χ3v) is 4.73. The summed E-state index contributed by atoms with van der Waals surface area (Å²) in [4.78, 5) is 2.66. The number of benzene rings is 1. The molecule has 0 amide bonds. The number of hydrogen-bond donors (Lipinski definition) is 1. The van der Waals surface area contributed by atoms with Crippen LogP contribution in [0.5, 0.6) is 5.75 Å². The van der Waals surface area contributed by atoms with Gasteiger partial charge in [-0.05, 0) is 62.6 Å². The molecule has 2 aromatic rings. The molecule has 0 saturated heterocycles. The van der Waals surface area contributed by atoms with Crippen LogP contribution in [0.15, 0.2) is 24.3 Å². The van der Waals surface area contributed by atoms with Gasteiger partial charge in [0.15, 0.2) is 0 Å². The Hall–Kier alpha value is -1.32. The van der Waals surface area contributed by atoms with Crippen molar-refractivity contribution in [2.75, 3.05) is 6.54 Å². The van der Waals surface area contributed by atoms with Gasteiger partial charge in [0.05, 0.1) is 0 Å². The van der Waals surface area contributed by atoms with E-state index >= 15 is 0 Å². The molecular formula is C18H25NOS. The first-order valence-electron chi connectivity index (χ1n) is 7.59. The summed E-state index contributed by atoms with van der Waals surface area (Å²) < 4.78 is 6.06. The summed E-state index contributed by atoms with van der Waals surface area (Å²) in [5.41, 5.74) is 3.74. The number of thiophene rings is 1. The first kappa shape index (κ1) is 16.1. The molecule has 2 rings (SSSR count). The predicted octanol–water partition coefficient (Wildman–Crippen LogP) is 4.75. The molecule has 0 atom stereocenters. The molecule has 0 unspecified atom stereocenters. The summed E-state index contributed by atoms with van der Waals surface area (Å²) in [5, 5.41) is 3.43. The Bertz CT molecular complexity index is 589. The molecule has 3 heteroatoms. The summed E-state index contributed by atoms with van der Waals surface area (Å²) in [6, 6.07) is 8.66. The largest absolute Gasteiger partial charge is 0.488 e. The van der Waals surface area contributed by atoms with Crippen LogP contribution >= 0.6 is 11.3 Å². The molecule has 0 spiro atoms. The zero-order chi connectivity index (χ0) is 15.2. The monoisotopic (exact) mass is 303 g/mol. The Labute approximate surface area is 132 Å². The van der Waals surface area contributed by atoms with E-state index in [1.165, 1.54) is 32.9 Å². The van der Waals surface area contributed by atoms with E-state index in [2.05, 4.69) is 57.3 Å². The third-order valence-electron chi connectivity index (χ3n) is 3.68. The zero-order valence-electron chi connectivity index (χ0n) is 13.5. The van der Waals surface area contributed by atoms with Crippen LogP contribution in [0.25, 0.3) is 0 Å². The van der Waals surface area contributed by atoms with Crippen molar-refractivity contribution in [2.45, 2.75) is 47.3 Å². The van der Waals surface area contributed by atoms with E-state index in [0.717, 1.165) is 18.8 Å². The fourth-order valence-electron chi connectivity index (χ4n) is 2.27. The molecule has 1 aromatic heterocycles. The Balaban J connectivity index is 1.96. The summed E-state index contributed by atoms with van der Waals surface area (Å²) >= 11 is 1.83. The normalized spacial score (nSPS) is 10.9. The predicted molar refractivity (Wildman–Crippen MR) is 91.3 cm³/mol. The van der Waals surface area contributed by atoms with Crippen molar-refractivity contribution in [2.24, 2.45) is 0 Å². The Kier molecular flexibility index (Phi) is 5.83. The van der Waals surface area contributed by atoms with Gasteiger partial charge in [-0.1, -0.05) is 19.1 Å². The first-order valence-corrected chi connectivity index (χ1v) is 8.41. The third kappa shape index (κ3) is 4.32. The number of aryl methyl sites for hydroxylation is 2. The van der Waals surface area contributed by atoms with Crippen LogP contribution in [-0.2, 0) is 13.2 Å². The average molecular weight is 303 g/mol. The molecule has 0 bridgehead atoms. The topological polar surface area (TPSA) is 21.3 Å². The highest BCUT2D eigenvalue weighted by Gasteiger charge is 2.07. The van der Waals surface area contributed by atoms with Crippen molar-refractivity contribution in [1.29, 1.82) is 0 Å². The van der Waals surface area contributed by atoms with E-state index in [4.69, 9.17) is 4.74 Å². The first-order chi connectivity index (χ1) is 10.1. The second-order valence-electron chi connectivity index (χ2n) is 5.49. The van der Waals surface area contributed by atoms with Crippen molar-refractivity contribution in [3.63, 3.8) is 0 Å². The van der Waals surface area contributed by atoms with Gasteiger partial charge < -0.3 is 10.1 Å². The molecule has 0 fully saturated rings. The van der Waals surface area contributed by atoms with E-state index in [-0.39, 0.29) is 0 Å². The van der Waals surface area contributed by atoms with Gasteiger partial charge in [0, 0.05) is 16.3 Å². The van der Waals surface area contributed by atoms with Crippen LogP contribution in [0.1, 0.15) is 39.8 Å². The molecule has 0 saturated carbocycles. The van der Waals surface area contributed by atoms with Gasteiger partial charge >= 0.3 is 0 Å². The van der Waals surface area contributed by atoms with Gasteiger partial charge in [0.25, 0.3) is 0 Å². The molecule has 0 radical (unpaired) electrons. The van der Waals surface area contributed by atoms with Crippen molar-refractivity contribution >= 4 is 11.3 Å². The summed E-state index contributed by atoms with van der Waals surface area (Å²) in [7, 11) is 0. The van der Waals surface area contributed by atoms with E-state index < -0.39 is 0 Å². The fraction of sp³-hybridized carbons (Fsp3) is 0.444. The molecule has 114 valence electrons. The second-order valence-corrected chi connectivity index (χ2v) is 6.74. The van der Waals surface area contributed by atoms with Crippen molar-refractivity contribution in [3.8, 4) is 5.75 Å². The molecule has 1 aromatic carbocycles. The van der Waals surface area contributed by atoms with Crippen LogP contribution in [0, 0.1) is 20.8 Å². The zero-order valence-corrected chi connectivity index (χ0v) is 14.3. The highest BCUT2D eigenvalue weighted by molar-refractivity contribution is 7.11. The lowest BCUT2D eigenvalue weighted by Crippen LogP contribution is -2.12. The minimum absolute atomic E-state index is 0.656. The Morgan fingerprint density at radius 1 is 1.00 bits per heavy atom. The summed E-state index contributed by atoms with van der Waals surface area (Å²) in [6.45, 7) is 11.2. The van der Waals surface area contributed by atoms with Crippen molar-refractivity contribution in [3.05, 3.63) is 50.7 Å². The van der Waals surface area contributed by atoms with Gasteiger partial charge in [0.1, 0.15) is 12.4 Å². The molecule has 0 aliphatic heterocycles. The number of hydrogen-bond acceptors (Lipinski definition) is 3. The van der Waals surface area contributed by atoms with Crippen LogP contribution in [0.4, 0.5) is 0 Å². The van der Waals surface area contributed by atoms with Gasteiger partial charge in [-0.3, -0.25) is 0 Å². The second kappa shape index (κ2) is 7.62. The lowest BCUT2D eigenvalue weighted by molar-refractivity contribution is 0.305. The molecule has 21 heavy (non-hydrogen) atoms. The van der Waals surface area contributed by atoms with Crippen LogP contribution in [0.2, 0.25) is 0 Å². The quantitative estimate of drug-likeness (QED) is 0.745. The van der Waals surface area contributed by atoms with Gasteiger partial charge in [0.2, 0.25) is 0 Å². The lowest BCUT2D eigenvalue weighted by Gasteiger charge is -2.13. The number of rotatable bonds is 7. The molecule has 1 N–H and O–H groups in total. The van der Waals surface area contributed by atoms with Crippen molar-refractivity contribution < 1.29 is 4.74 Å². The lowest BCUT2D eigenvalue weighted by atomic mass is 10.1. The van der Waals surface area contributed by atoms with Gasteiger partial charge in [-0.25, -0.2) is 0 Å². The molecule has 0 aliphatic rings. The fourth-order valence-corrected chi connectivity index (χ4v) is 3.18. The molecule has 2 nitrogen and oxygen atoms in total. The minimum atomic E-state index is 0.656. The minimum Gasteiger partial charge on any atom is -0.488 e. The van der Waals surface area contributed by atoms with Crippen LogP contribution in [-0.4, -0.2) is 6.54 Å². The number of nitrogens with one attached hydrogen (secondary N) is 1. The summed E-state index contributed by atoms with van der Waals surface area (Å²) in [5.74, 6) is 1.04. The maximum absolute atomic E-state index is 6.06. The maximum Gasteiger partial charge on any atom is 0.125 e. The summed E-state index contributed by atoms with van der Waals surface area (Å²) in [6.07, 6.45) is 1.17. The SMILES string of the molecule is CCCNCc1ccc(COc2c(C)ccc(C)c2C)s1. The molecule has 0 aliphatic carbocycles. The van der Waals surface area contributed by atoms with Crippen molar-refractivity contribution in [1.82, 2.24) is 5.32 Å². The number of ether oxygens (including phenoxy) is 1. The maximum atomic E-state index is 6.06. The Morgan fingerprint density at radius 2 is 1.71 bits per heavy atom. The highest BCUT2D eigenvalue weighted by Crippen LogP contribution is 2.27. The highest BCUT2D eigenvalue weighted by atomic mass is 32.1. The van der Waals surface area contributed by atoms with Crippen LogP contribution in [0.3, 0.4) is 0 Å². The van der Waals surface area contributed by atoms with Gasteiger partial charge in [-0.15, -0.1) is 11.3 Å².